The average molecular weight is 290 g/mol. The van der Waals surface area contributed by atoms with Gasteiger partial charge in [0.05, 0.1) is 0 Å². The Hall–Kier alpha value is -1.43. The molecule has 1 unspecified atom stereocenters. The van der Waals surface area contributed by atoms with Gasteiger partial charge in [-0.3, -0.25) is 4.79 Å². The van der Waals surface area contributed by atoms with Gasteiger partial charge in [0.15, 0.2) is 0 Å². The number of amides is 1. The molecule has 86 valence electrons. The van der Waals surface area contributed by atoms with Gasteiger partial charge in [-0.15, -0.1) is 0 Å². The molecule has 0 aliphatic carbocycles. The van der Waals surface area contributed by atoms with Gasteiger partial charge in [-0.05, 0) is 23.8 Å². The predicted molar refractivity (Wildman–Crippen MR) is 58.4 cm³/mol. The van der Waals surface area contributed by atoms with Gasteiger partial charge < -0.3 is 10.4 Å². The van der Waals surface area contributed by atoms with Crippen molar-refractivity contribution in [2.24, 2.45) is 0 Å². The third-order valence-corrected chi connectivity index (χ3v) is 2.49. The van der Waals surface area contributed by atoms with E-state index in [-0.39, 0.29) is 18.4 Å². The maximum absolute atomic E-state index is 13.3. The van der Waals surface area contributed by atoms with Crippen molar-refractivity contribution in [1.29, 1.82) is 0 Å². The molecule has 0 aliphatic heterocycles. The smallest absolute Gasteiger partial charge is 0.326 e. The molecule has 0 saturated heterocycles. The van der Waals surface area contributed by atoms with Crippen LogP contribution in [0.2, 0.25) is 0 Å². The summed E-state index contributed by atoms with van der Waals surface area (Å²) in [6.07, 6.45) is 0.189. The number of carbonyl (C=O) groups excluding carboxylic acids is 1. The van der Waals surface area contributed by atoms with Crippen LogP contribution in [0.1, 0.15) is 5.56 Å². The number of benzene rings is 1. The van der Waals surface area contributed by atoms with Gasteiger partial charge >= 0.3 is 5.97 Å². The van der Waals surface area contributed by atoms with Crippen molar-refractivity contribution in [3.8, 4) is 0 Å². The van der Waals surface area contributed by atoms with E-state index in [9.17, 15) is 14.0 Å². The summed E-state index contributed by atoms with van der Waals surface area (Å²) in [5, 5.41) is 10.9. The monoisotopic (exact) mass is 289 g/mol. The Morgan fingerprint density at radius 1 is 1.62 bits per heavy atom. The molecule has 0 fully saturated rings. The molecule has 1 amide bonds. The Morgan fingerprint density at radius 2 is 2.31 bits per heavy atom. The Morgan fingerprint density at radius 3 is 2.88 bits per heavy atom. The molecule has 1 atom stereocenters. The highest BCUT2D eigenvalue weighted by Gasteiger charge is 2.18. The molecule has 0 spiro atoms. The summed E-state index contributed by atoms with van der Waals surface area (Å²) in [6, 6.07) is 3.11. The number of carbonyl (C=O) groups is 2. The van der Waals surface area contributed by atoms with Crippen molar-refractivity contribution >= 4 is 28.3 Å². The molecule has 1 aromatic carbocycles. The van der Waals surface area contributed by atoms with Crippen molar-refractivity contribution in [1.82, 2.24) is 5.32 Å². The number of halogens is 2. The zero-order valence-electron chi connectivity index (χ0n) is 8.11. The molecule has 0 heterocycles. The van der Waals surface area contributed by atoms with E-state index in [0.29, 0.717) is 4.47 Å². The summed E-state index contributed by atoms with van der Waals surface area (Å²) in [7, 11) is 0. The van der Waals surface area contributed by atoms with Crippen LogP contribution >= 0.6 is 15.9 Å². The van der Waals surface area contributed by atoms with E-state index in [0.717, 1.165) is 0 Å². The molecular weight excluding hydrogens is 281 g/mol. The third-order valence-electron chi connectivity index (χ3n) is 2.00. The van der Waals surface area contributed by atoms with Gasteiger partial charge in [-0.1, -0.05) is 15.9 Å². The molecule has 1 rings (SSSR count). The van der Waals surface area contributed by atoms with Crippen LogP contribution in [0.4, 0.5) is 4.39 Å². The van der Waals surface area contributed by atoms with Crippen LogP contribution in [0.25, 0.3) is 0 Å². The summed E-state index contributed by atoms with van der Waals surface area (Å²) in [6.45, 7) is 0. The lowest BCUT2D eigenvalue weighted by Crippen LogP contribution is -2.37. The Kier molecular flexibility index (Phi) is 4.42. The van der Waals surface area contributed by atoms with Crippen molar-refractivity contribution in [2.45, 2.75) is 12.5 Å². The lowest BCUT2D eigenvalue weighted by atomic mass is 10.1. The van der Waals surface area contributed by atoms with E-state index < -0.39 is 17.8 Å². The van der Waals surface area contributed by atoms with Gasteiger partial charge in [0.1, 0.15) is 11.9 Å². The van der Waals surface area contributed by atoms with E-state index in [1.807, 2.05) is 0 Å². The molecule has 0 radical (unpaired) electrons. The van der Waals surface area contributed by atoms with Crippen molar-refractivity contribution in [3.05, 3.63) is 34.1 Å². The lowest BCUT2D eigenvalue weighted by Gasteiger charge is -2.11. The minimum atomic E-state index is -1.20. The number of carboxylic acids is 1. The molecule has 0 saturated carbocycles. The molecule has 2 N–H and O–H groups in total. The van der Waals surface area contributed by atoms with Gasteiger partial charge in [0.25, 0.3) is 0 Å². The quantitative estimate of drug-likeness (QED) is 0.804. The second-order valence-electron chi connectivity index (χ2n) is 3.12. The van der Waals surface area contributed by atoms with E-state index in [1.165, 1.54) is 18.2 Å². The first-order chi connectivity index (χ1) is 7.54. The van der Waals surface area contributed by atoms with Crippen molar-refractivity contribution in [2.75, 3.05) is 0 Å². The predicted octanol–water partition coefficient (Wildman–Crippen LogP) is 1.33. The fraction of sp³-hybridized carbons (Fsp3) is 0.200. The van der Waals surface area contributed by atoms with E-state index in [4.69, 9.17) is 5.11 Å². The maximum Gasteiger partial charge on any atom is 0.326 e. The fourth-order valence-corrected chi connectivity index (χ4v) is 1.63. The number of carboxylic acid groups (broad SMARTS) is 1. The van der Waals surface area contributed by atoms with Gasteiger partial charge in [0, 0.05) is 10.9 Å². The second-order valence-corrected chi connectivity index (χ2v) is 4.03. The zero-order chi connectivity index (χ0) is 12.1. The molecule has 0 bridgehead atoms. The first kappa shape index (κ1) is 12.6. The topological polar surface area (TPSA) is 66.4 Å². The first-order valence-electron chi connectivity index (χ1n) is 4.41. The molecular formula is C10H9BrFNO3. The highest BCUT2D eigenvalue weighted by Crippen LogP contribution is 2.17. The van der Waals surface area contributed by atoms with Gasteiger partial charge in [-0.2, -0.15) is 0 Å². The highest BCUT2D eigenvalue weighted by molar-refractivity contribution is 9.10. The number of nitrogens with one attached hydrogen (secondary N) is 1. The minimum absolute atomic E-state index is 0.0979. The Labute approximate surface area is 99.6 Å². The normalized spacial score (nSPS) is 11.9. The van der Waals surface area contributed by atoms with Crippen LogP contribution in [0.15, 0.2) is 22.7 Å². The van der Waals surface area contributed by atoms with Crippen LogP contribution in [-0.4, -0.2) is 23.5 Å². The molecule has 0 aromatic heterocycles. The minimum Gasteiger partial charge on any atom is -0.480 e. The molecule has 4 nitrogen and oxygen atoms in total. The van der Waals surface area contributed by atoms with Crippen LogP contribution < -0.4 is 5.32 Å². The van der Waals surface area contributed by atoms with E-state index >= 15 is 0 Å². The van der Waals surface area contributed by atoms with Gasteiger partial charge in [0.2, 0.25) is 6.41 Å². The molecule has 16 heavy (non-hydrogen) atoms. The summed E-state index contributed by atoms with van der Waals surface area (Å²) in [5.74, 6) is -1.70. The van der Waals surface area contributed by atoms with Crippen LogP contribution in [0, 0.1) is 5.82 Å². The maximum atomic E-state index is 13.3. The zero-order valence-corrected chi connectivity index (χ0v) is 9.70. The largest absolute Gasteiger partial charge is 0.480 e. The Bertz CT molecular complexity index is 411. The number of rotatable bonds is 5. The molecule has 6 heteroatoms. The van der Waals surface area contributed by atoms with E-state index in [2.05, 4.69) is 21.2 Å². The van der Waals surface area contributed by atoms with Gasteiger partial charge in [-0.25, -0.2) is 9.18 Å². The third kappa shape index (κ3) is 3.30. The molecule has 0 aliphatic rings. The van der Waals surface area contributed by atoms with E-state index in [1.54, 1.807) is 0 Å². The van der Waals surface area contributed by atoms with Crippen LogP contribution in [-0.2, 0) is 16.0 Å². The number of hydrogen-bond acceptors (Lipinski definition) is 2. The summed E-state index contributed by atoms with van der Waals surface area (Å²) in [4.78, 5) is 20.9. The average Bonchev–Trinajstić information content (AvgIpc) is 2.22. The second kappa shape index (κ2) is 5.60. The highest BCUT2D eigenvalue weighted by atomic mass is 79.9. The summed E-state index contributed by atoms with van der Waals surface area (Å²) < 4.78 is 14.0. The SMILES string of the molecule is O=CNC(Cc1cc(Br)ccc1F)C(=O)O. The number of hydrogen-bond donors (Lipinski definition) is 2. The first-order valence-corrected chi connectivity index (χ1v) is 5.20. The standard InChI is InChI=1S/C10H9BrFNO3/c11-7-1-2-8(12)6(3-7)4-9(10(15)16)13-5-14/h1-3,5,9H,4H2,(H,13,14)(H,15,16). The number of aliphatic carboxylic acids is 1. The van der Waals surface area contributed by atoms with Crippen molar-refractivity contribution in [3.63, 3.8) is 0 Å². The summed E-state index contributed by atoms with van der Waals surface area (Å²) in [5.41, 5.74) is 0.233. The van der Waals surface area contributed by atoms with Crippen LogP contribution in [0.3, 0.4) is 0 Å². The summed E-state index contributed by atoms with van der Waals surface area (Å²) >= 11 is 3.16. The molecule has 1 aromatic rings. The van der Waals surface area contributed by atoms with Crippen molar-refractivity contribution < 1.29 is 19.1 Å². The fourth-order valence-electron chi connectivity index (χ4n) is 1.22. The van der Waals surface area contributed by atoms with Crippen LogP contribution in [0.5, 0.6) is 0 Å². The Balaban J connectivity index is 2.88. The lowest BCUT2D eigenvalue weighted by molar-refractivity contribution is -0.140.